The normalized spacial score (nSPS) is 14.7. The molecule has 4 nitrogen and oxygen atoms in total. The molecule has 0 atom stereocenters. The Hall–Kier alpha value is -2.07. The fraction of sp³-hybridized carbons (Fsp3) is 0.294. The molecule has 3 rings (SSSR count). The lowest BCUT2D eigenvalue weighted by Gasteiger charge is -2.30. The van der Waals surface area contributed by atoms with Gasteiger partial charge in [0.15, 0.2) is 0 Å². The van der Waals surface area contributed by atoms with E-state index in [9.17, 15) is 4.79 Å². The summed E-state index contributed by atoms with van der Waals surface area (Å²) in [5.74, 6) is -0.244. The van der Waals surface area contributed by atoms with Gasteiger partial charge in [-0.15, -0.1) is 0 Å². The number of nitrogens with one attached hydrogen (secondary N) is 1. The standard InChI is InChI=1S/C17H18ClN3O/c18-13-8-9-19-15(12-13)17(22)20-14-6-2-3-7-16(14)21-10-4-1-5-11-21/h2-3,6-9,12H,1,4-5,10-11H2,(H,20,22). The highest BCUT2D eigenvalue weighted by Gasteiger charge is 2.16. The summed E-state index contributed by atoms with van der Waals surface area (Å²) in [5, 5.41) is 3.45. The van der Waals surface area contributed by atoms with Crippen LogP contribution in [0.2, 0.25) is 5.02 Å². The molecule has 1 aliphatic heterocycles. The van der Waals surface area contributed by atoms with Crippen molar-refractivity contribution >= 4 is 28.9 Å². The topological polar surface area (TPSA) is 45.2 Å². The molecule has 0 bridgehead atoms. The fourth-order valence-electron chi connectivity index (χ4n) is 2.71. The lowest BCUT2D eigenvalue weighted by Crippen LogP contribution is -2.30. The molecule has 5 heteroatoms. The Morgan fingerprint density at radius 3 is 2.68 bits per heavy atom. The smallest absolute Gasteiger partial charge is 0.274 e. The lowest BCUT2D eigenvalue weighted by molar-refractivity contribution is 0.102. The number of hydrogen-bond acceptors (Lipinski definition) is 3. The van der Waals surface area contributed by atoms with Crippen LogP contribution in [0.3, 0.4) is 0 Å². The molecule has 1 N–H and O–H groups in total. The maximum Gasteiger partial charge on any atom is 0.274 e. The summed E-state index contributed by atoms with van der Waals surface area (Å²) in [6, 6.07) is 11.1. The Balaban J connectivity index is 1.81. The van der Waals surface area contributed by atoms with Gasteiger partial charge in [0.2, 0.25) is 0 Å². The van der Waals surface area contributed by atoms with Crippen molar-refractivity contribution in [1.29, 1.82) is 0 Å². The molecular weight excluding hydrogens is 298 g/mol. The number of anilines is 2. The van der Waals surface area contributed by atoms with Crippen molar-refractivity contribution < 1.29 is 4.79 Å². The van der Waals surface area contributed by atoms with Crippen LogP contribution in [0.1, 0.15) is 29.8 Å². The molecule has 0 spiro atoms. The van der Waals surface area contributed by atoms with E-state index < -0.39 is 0 Å². The third-order valence-electron chi connectivity index (χ3n) is 3.80. The molecule has 1 aliphatic rings. The van der Waals surface area contributed by atoms with Gasteiger partial charge in [0, 0.05) is 24.3 Å². The number of benzene rings is 1. The first-order valence-electron chi connectivity index (χ1n) is 7.51. The zero-order valence-corrected chi connectivity index (χ0v) is 13.0. The second kappa shape index (κ2) is 6.79. The van der Waals surface area contributed by atoms with E-state index in [1.54, 1.807) is 12.1 Å². The van der Waals surface area contributed by atoms with E-state index in [1.165, 1.54) is 25.5 Å². The van der Waals surface area contributed by atoms with Gasteiger partial charge in [0.25, 0.3) is 5.91 Å². The van der Waals surface area contributed by atoms with Gasteiger partial charge in [0.05, 0.1) is 11.4 Å². The second-order valence-electron chi connectivity index (χ2n) is 5.38. The lowest BCUT2D eigenvalue weighted by atomic mass is 10.1. The number of nitrogens with zero attached hydrogens (tertiary/aromatic N) is 2. The molecule has 0 unspecified atom stereocenters. The second-order valence-corrected chi connectivity index (χ2v) is 5.81. The third-order valence-corrected chi connectivity index (χ3v) is 4.04. The van der Waals surface area contributed by atoms with Crippen LogP contribution in [-0.2, 0) is 0 Å². The summed E-state index contributed by atoms with van der Waals surface area (Å²) in [6.07, 6.45) is 5.20. The molecule has 1 fully saturated rings. The molecule has 0 saturated carbocycles. The summed E-state index contributed by atoms with van der Waals surface area (Å²) in [6.45, 7) is 2.06. The van der Waals surface area contributed by atoms with Gasteiger partial charge in [-0.3, -0.25) is 9.78 Å². The quantitative estimate of drug-likeness (QED) is 0.932. The van der Waals surface area contributed by atoms with Crippen LogP contribution >= 0.6 is 11.6 Å². The molecule has 1 amide bonds. The Labute approximate surface area is 135 Å². The average Bonchev–Trinajstić information content (AvgIpc) is 2.56. The van der Waals surface area contributed by atoms with Crippen LogP contribution < -0.4 is 10.2 Å². The number of amides is 1. The van der Waals surface area contributed by atoms with Gasteiger partial charge in [-0.05, 0) is 43.5 Å². The fourth-order valence-corrected chi connectivity index (χ4v) is 2.86. The molecule has 1 saturated heterocycles. The number of carbonyl (C=O) groups is 1. The molecule has 1 aromatic heterocycles. The first-order valence-corrected chi connectivity index (χ1v) is 7.89. The Kier molecular flexibility index (Phi) is 4.59. The predicted molar refractivity (Wildman–Crippen MR) is 89.7 cm³/mol. The highest BCUT2D eigenvalue weighted by Crippen LogP contribution is 2.28. The number of aromatic nitrogens is 1. The SMILES string of the molecule is O=C(Nc1ccccc1N1CCCCC1)c1cc(Cl)ccn1. The van der Waals surface area contributed by atoms with Gasteiger partial charge in [0.1, 0.15) is 5.69 Å². The van der Waals surface area contributed by atoms with Crippen LogP contribution in [0, 0.1) is 0 Å². The minimum absolute atomic E-state index is 0.244. The highest BCUT2D eigenvalue weighted by molar-refractivity contribution is 6.31. The zero-order valence-electron chi connectivity index (χ0n) is 12.3. The Bertz CT molecular complexity index is 668. The van der Waals surface area contributed by atoms with Gasteiger partial charge >= 0.3 is 0 Å². The van der Waals surface area contributed by atoms with Crippen LogP contribution in [0.25, 0.3) is 0 Å². The monoisotopic (exact) mass is 315 g/mol. The van der Waals surface area contributed by atoms with E-state index in [4.69, 9.17) is 11.6 Å². The van der Waals surface area contributed by atoms with Crippen molar-refractivity contribution in [3.63, 3.8) is 0 Å². The first kappa shape index (κ1) is 14.9. The van der Waals surface area contributed by atoms with Crippen molar-refractivity contribution in [2.45, 2.75) is 19.3 Å². The van der Waals surface area contributed by atoms with E-state index in [-0.39, 0.29) is 5.91 Å². The number of rotatable bonds is 3. The minimum atomic E-state index is -0.244. The number of para-hydroxylation sites is 2. The van der Waals surface area contributed by atoms with Crippen LogP contribution in [0.4, 0.5) is 11.4 Å². The largest absolute Gasteiger partial charge is 0.370 e. The zero-order chi connectivity index (χ0) is 15.4. The number of hydrogen-bond donors (Lipinski definition) is 1. The summed E-state index contributed by atoms with van der Waals surface area (Å²) in [7, 11) is 0. The van der Waals surface area contributed by atoms with Crippen LogP contribution in [-0.4, -0.2) is 24.0 Å². The molecule has 2 aromatic rings. The third kappa shape index (κ3) is 3.39. The predicted octanol–water partition coefficient (Wildman–Crippen LogP) is 3.98. The van der Waals surface area contributed by atoms with Gasteiger partial charge < -0.3 is 10.2 Å². The van der Waals surface area contributed by atoms with Gasteiger partial charge in [-0.2, -0.15) is 0 Å². The minimum Gasteiger partial charge on any atom is -0.370 e. The van der Waals surface area contributed by atoms with Gasteiger partial charge in [-0.1, -0.05) is 23.7 Å². The number of halogens is 1. The maximum absolute atomic E-state index is 12.4. The van der Waals surface area contributed by atoms with E-state index in [2.05, 4.69) is 15.2 Å². The van der Waals surface area contributed by atoms with E-state index in [0.29, 0.717) is 10.7 Å². The van der Waals surface area contributed by atoms with Crippen molar-refractivity contribution in [3.8, 4) is 0 Å². The number of pyridine rings is 1. The summed E-state index contributed by atoms with van der Waals surface area (Å²) in [5.41, 5.74) is 2.20. The van der Waals surface area contributed by atoms with Crippen molar-refractivity contribution in [2.24, 2.45) is 0 Å². The highest BCUT2D eigenvalue weighted by atomic mass is 35.5. The molecular formula is C17H18ClN3O. The van der Waals surface area contributed by atoms with E-state index in [1.807, 2.05) is 24.3 Å². The molecule has 0 radical (unpaired) electrons. The molecule has 22 heavy (non-hydrogen) atoms. The van der Waals surface area contributed by atoms with Gasteiger partial charge in [-0.25, -0.2) is 0 Å². The first-order chi connectivity index (χ1) is 10.7. The molecule has 1 aromatic carbocycles. The summed E-state index contributed by atoms with van der Waals surface area (Å²) >= 11 is 5.92. The van der Waals surface area contributed by atoms with Crippen LogP contribution in [0.15, 0.2) is 42.6 Å². The molecule has 114 valence electrons. The maximum atomic E-state index is 12.4. The van der Waals surface area contributed by atoms with E-state index in [0.717, 1.165) is 24.5 Å². The van der Waals surface area contributed by atoms with Crippen molar-refractivity contribution in [1.82, 2.24) is 4.98 Å². The average molecular weight is 316 g/mol. The summed E-state index contributed by atoms with van der Waals surface area (Å²) < 4.78 is 0. The molecule has 0 aliphatic carbocycles. The number of carbonyl (C=O) groups excluding carboxylic acids is 1. The van der Waals surface area contributed by atoms with Crippen molar-refractivity contribution in [3.05, 3.63) is 53.3 Å². The van der Waals surface area contributed by atoms with Crippen molar-refractivity contribution in [2.75, 3.05) is 23.3 Å². The van der Waals surface area contributed by atoms with Crippen LogP contribution in [0.5, 0.6) is 0 Å². The Morgan fingerprint density at radius 1 is 1.14 bits per heavy atom. The Morgan fingerprint density at radius 2 is 1.91 bits per heavy atom. The van der Waals surface area contributed by atoms with E-state index >= 15 is 0 Å². The summed E-state index contributed by atoms with van der Waals surface area (Å²) in [4.78, 5) is 18.7. The molecule has 2 heterocycles. The number of piperidine rings is 1.